The van der Waals surface area contributed by atoms with Crippen molar-refractivity contribution in [1.82, 2.24) is 0 Å². The second-order valence-corrected chi connectivity index (χ2v) is 8.51. The van der Waals surface area contributed by atoms with E-state index in [-0.39, 0.29) is 11.7 Å². The first-order valence-corrected chi connectivity index (χ1v) is 10.5. The van der Waals surface area contributed by atoms with Crippen molar-refractivity contribution in [2.45, 2.75) is 5.75 Å². The molecule has 1 amide bonds. The maximum absolute atomic E-state index is 12.5. The lowest BCUT2D eigenvalue weighted by Gasteiger charge is -2.29. The quantitative estimate of drug-likeness (QED) is 0.869. The molecule has 6 nitrogen and oxygen atoms in total. The van der Waals surface area contributed by atoms with Gasteiger partial charge in [0.05, 0.1) is 19.0 Å². The van der Waals surface area contributed by atoms with Crippen molar-refractivity contribution in [1.29, 1.82) is 0 Å². The van der Waals surface area contributed by atoms with Gasteiger partial charge in [-0.25, -0.2) is 8.42 Å². The number of benzene rings is 2. The smallest absolute Gasteiger partial charge is 0.255 e. The third kappa shape index (κ3) is 5.06. The van der Waals surface area contributed by atoms with Crippen LogP contribution in [-0.2, 0) is 20.3 Å². The zero-order chi connectivity index (χ0) is 18.6. The number of anilines is 2. The maximum atomic E-state index is 12.5. The Balaban J connectivity index is 1.73. The molecule has 1 heterocycles. The molecule has 138 valence electrons. The third-order valence-electron chi connectivity index (χ3n) is 4.10. The summed E-state index contributed by atoms with van der Waals surface area (Å²) in [7, 11) is -3.14. The van der Waals surface area contributed by atoms with Crippen molar-refractivity contribution in [2.75, 3.05) is 42.8 Å². The van der Waals surface area contributed by atoms with Crippen molar-refractivity contribution >= 4 is 27.1 Å². The van der Waals surface area contributed by atoms with Crippen LogP contribution in [0.4, 0.5) is 11.4 Å². The zero-order valence-electron chi connectivity index (χ0n) is 14.6. The van der Waals surface area contributed by atoms with Crippen LogP contribution in [0.3, 0.4) is 0 Å². The van der Waals surface area contributed by atoms with Crippen molar-refractivity contribution in [3.63, 3.8) is 0 Å². The fourth-order valence-electron chi connectivity index (χ4n) is 2.91. The Morgan fingerprint density at radius 3 is 2.58 bits per heavy atom. The van der Waals surface area contributed by atoms with E-state index in [1.165, 1.54) is 6.26 Å². The van der Waals surface area contributed by atoms with Crippen molar-refractivity contribution in [3.05, 3.63) is 59.7 Å². The lowest BCUT2D eigenvalue weighted by Crippen LogP contribution is -2.36. The fourth-order valence-corrected chi connectivity index (χ4v) is 3.70. The van der Waals surface area contributed by atoms with Gasteiger partial charge < -0.3 is 15.0 Å². The van der Waals surface area contributed by atoms with Crippen LogP contribution in [0, 0.1) is 0 Å². The minimum absolute atomic E-state index is 0.0827. The molecule has 1 aliphatic rings. The number of sulfone groups is 1. The van der Waals surface area contributed by atoms with Crippen LogP contribution in [-0.4, -0.2) is 46.9 Å². The van der Waals surface area contributed by atoms with Crippen LogP contribution in [0.25, 0.3) is 0 Å². The molecule has 3 rings (SSSR count). The van der Waals surface area contributed by atoms with E-state index in [0.717, 1.165) is 18.8 Å². The number of nitrogens with zero attached hydrogens (tertiary/aromatic N) is 1. The summed E-state index contributed by atoms with van der Waals surface area (Å²) in [5, 5.41) is 2.88. The van der Waals surface area contributed by atoms with Gasteiger partial charge in [-0.15, -0.1) is 0 Å². The number of morpholine rings is 1. The lowest BCUT2D eigenvalue weighted by atomic mass is 10.1. The Morgan fingerprint density at radius 1 is 1.12 bits per heavy atom. The topological polar surface area (TPSA) is 75.7 Å². The summed E-state index contributed by atoms with van der Waals surface area (Å²) in [6.45, 7) is 3.04. The number of hydrogen-bond acceptors (Lipinski definition) is 5. The average Bonchev–Trinajstić information content (AvgIpc) is 2.61. The molecule has 26 heavy (non-hydrogen) atoms. The first-order chi connectivity index (χ1) is 12.4. The van der Waals surface area contributed by atoms with Gasteiger partial charge in [0.25, 0.3) is 5.91 Å². The molecule has 0 aliphatic carbocycles. The van der Waals surface area contributed by atoms with Gasteiger partial charge in [-0.2, -0.15) is 0 Å². The van der Waals surface area contributed by atoms with Gasteiger partial charge in [0.2, 0.25) is 0 Å². The molecule has 0 unspecified atom stereocenters. The van der Waals surface area contributed by atoms with E-state index < -0.39 is 9.84 Å². The molecule has 0 atom stereocenters. The molecule has 0 radical (unpaired) electrons. The zero-order valence-corrected chi connectivity index (χ0v) is 15.5. The van der Waals surface area contributed by atoms with E-state index in [1.807, 2.05) is 24.3 Å². The molecule has 1 N–H and O–H groups in total. The van der Waals surface area contributed by atoms with Crippen LogP contribution in [0.2, 0.25) is 0 Å². The highest BCUT2D eigenvalue weighted by atomic mass is 32.2. The Bertz CT molecular complexity index is 890. The molecule has 2 aromatic carbocycles. The Morgan fingerprint density at radius 2 is 1.85 bits per heavy atom. The van der Waals surface area contributed by atoms with Crippen molar-refractivity contribution < 1.29 is 17.9 Å². The Labute approximate surface area is 153 Å². The number of carbonyl (C=O) groups is 1. The fraction of sp³-hybridized carbons (Fsp3) is 0.316. The molecule has 0 aromatic heterocycles. The van der Waals surface area contributed by atoms with Crippen LogP contribution in [0.1, 0.15) is 15.9 Å². The van der Waals surface area contributed by atoms with E-state index in [9.17, 15) is 13.2 Å². The number of nitrogens with one attached hydrogen (secondary N) is 1. The monoisotopic (exact) mass is 374 g/mol. The highest BCUT2D eigenvalue weighted by molar-refractivity contribution is 7.89. The highest BCUT2D eigenvalue weighted by Crippen LogP contribution is 2.21. The molecule has 0 saturated carbocycles. The number of amides is 1. The molecular formula is C19H22N2O4S. The number of carbonyl (C=O) groups excluding carboxylic acids is 1. The van der Waals surface area contributed by atoms with E-state index in [4.69, 9.17) is 4.74 Å². The predicted octanol–water partition coefficient (Wildman–Crippen LogP) is 2.32. The van der Waals surface area contributed by atoms with Crippen molar-refractivity contribution in [2.24, 2.45) is 0 Å². The van der Waals surface area contributed by atoms with E-state index in [2.05, 4.69) is 10.2 Å². The third-order valence-corrected chi connectivity index (χ3v) is 4.96. The minimum atomic E-state index is -3.14. The van der Waals surface area contributed by atoms with Crippen molar-refractivity contribution in [3.8, 4) is 0 Å². The van der Waals surface area contributed by atoms with Gasteiger partial charge in [0.15, 0.2) is 9.84 Å². The number of rotatable bonds is 5. The summed E-state index contributed by atoms with van der Waals surface area (Å²) in [6, 6.07) is 14.4. The van der Waals surface area contributed by atoms with Gasteiger partial charge in [0, 0.05) is 36.3 Å². The summed E-state index contributed by atoms with van der Waals surface area (Å²) in [6.07, 6.45) is 1.18. The summed E-state index contributed by atoms with van der Waals surface area (Å²) >= 11 is 0. The number of ether oxygens (including phenoxy) is 1. The molecule has 1 fully saturated rings. The molecule has 7 heteroatoms. The van der Waals surface area contributed by atoms with Crippen LogP contribution >= 0.6 is 0 Å². The standard InChI is InChI=1S/C19H22N2O4S/c1-26(23,24)14-15-4-2-5-16(12-15)19(22)20-17-6-3-7-18(13-17)21-8-10-25-11-9-21/h2-7,12-13H,8-11,14H2,1H3,(H,20,22). The average molecular weight is 374 g/mol. The van der Waals surface area contributed by atoms with Crippen LogP contribution < -0.4 is 10.2 Å². The summed E-state index contributed by atoms with van der Waals surface area (Å²) in [5.41, 5.74) is 2.77. The highest BCUT2D eigenvalue weighted by Gasteiger charge is 2.13. The normalized spacial score (nSPS) is 14.9. The molecule has 0 bridgehead atoms. The Kier molecular flexibility index (Phi) is 5.58. The van der Waals surface area contributed by atoms with E-state index in [0.29, 0.717) is 30.0 Å². The van der Waals surface area contributed by atoms with Gasteiger partial charge in [-0.05, 0) is 35.9 Å². The summed E-state index contributed by atoms with van der Waals surface area (Å²) < 4.78 is 28.3. The van der Waals surface area contributed by atoms with Gasteiger partial charge in [-0.1, -0.05) is 18.2 Å². The first-order valence-electron chi connectivity index (χ1n) is 8.41. The van der Waals surface area contributed by atoms with E-state index in [1.54, 1.807) is 24.3 Å². The van der Waals surface area contributed by atoms with Crippen LogP contribution in [0.5, 0.6) is 0 Å². The second-order valence-electron chi connectivity index (χ2n) is 6.37. The van der Waals surface area contributed by atoms with Gasteiger partial charge >= 0.3 is 0 Å². The lowest BCUT2D eigenvalue weighted by molar-refractivity contribution is 0.102. The largest absolute Gasteiger partial charge is 0.378 e. The summed E-state index contributed by atoms with van der Waals surface area (Å²) in [4.78, 5) is 14.7. The molecule has 1 saturated heterocycles. The SMILES string of the molecule is CS(=O)(=O)Cc1cccc(C(=O)Nc2cccc(N3CCOCC3)c2)c1. The molecule has 2 aromatic rings. The second kappa shape index (κ2) is 7.88. The first kappa shape index (κ1) is 18.4. The predicted molar refractivity (Wildman–Crippen MR) is 102 cm³/mol. The van der Waals surface area contributed by atoms with Crippen LogP contribution in [0.15, 0.2) is 48.5 Å². The minimum Gasteiger partial charge on any atom is -0.378 e. The summed E-state index contributed by atoms with van der Waals surface area (Å²) in [5.74, 6) is -0.347. The molecule has 0 spiro atoms. The number of hydrogen-bond donors (Lipinski definition) is 1. The Hall–Kier alpha value is -2.38. The van der Waals surface area contributed by atoms with E-state index >= 15 is 0 Å². The molecule has 1 aliphatic heterocycles. The maximum Gasteiger partial charge on any atom is 0.255 e. The molecular weight excluding hydrogens is 352 g/mol. The van der Waals surface area contributed by atoms with Gasteiger partial charge in [-0.3, -0.25) is 4.79 Å². The van der Waals surface area contributed by atoms with Gasteiger partial charge in [0.1, 0.15) is 0 Å².